The predicted molar refractivity (Wildman–Crippen MR) is 152 cm³/mol. The maximum atomic E-state index is 15.8. The van der Waals surface area contributed by atoms with Crippen LogP contribution in [0.15, 0.2) is 92.1 Å². The molecule has 2 aromatic heterocycles. The summed E-state index contributed by atoms with van der Waals surface area (Å²) in [4.78, 5) is 23.9. The minimum Gasteiger partial charge on any atom is -0.542 e. The van der Waals surface area contributed by atoms with Crippen LogP contribution in [0.3, 0.4) is 0 Å². The van der Waals surface area contributed by atoms with Gasteiger partial charge in [-0.15, -0.1) is 0 Å². The number of rotatable bonds is 8. The lowest BCUT2D eigenvalue weighted by atomic mass is 10.1. The fourth-order valence-corrected chi connectivity index (χ4v) is 5.18. The van der Waals surface area contributed by atoms with Crippen LogP contribution < -0.4 is 9.91 Å². The molecule has 40 heavy (non-hydrogen) atoms. The number of carboxylic acids is 1. The maximum Gasteiger partial charge on any atom is 0.354 e. The normalized spacial score (nSPS) is 13.0. The molecule has 0 aliphatic carbocycles. The average molecular weight is 582 g/mol. The van der Waals surface area contributed by atoms with Crippen LogP contribution in [0.25, 0.3) is 17.3 Å². The lowest BCUT2D eigenvalue weighted by Gasteiger charge is -2.36. The van der Waals surface area contributed by atoms with Crippen molar-refractivity contribution in [3.8, 4) is 17.0 Å². The smallest absolute Gasteiger partial charge is 0.354 e. The summed E-state index contributed by atoms with van der Waals surface area (Å²) in [6, 6.07) is 14.1. The Labute approximate surface area is 235 Å². The summed E-state index contributed by atoms with van der Waals surface area (Å²) in [5.41, 5.74) is 0.0835. The van der Waals surface area contributed by atoms with E-state index in [9.17, 15) is 14.3 Å². The van der Waals surface area contributed by atoms with E-state index in [-0.39, 0.29) is 48.9 Å². The highest BCUT2D eigenvalue weighted by Crippen LogP contribution is 2.39. The fourth-order valence-electron chi connectivity index (χ4n) is 3.30. The van der Waals surface area contributed by atoms with Crippen molar-refractivity contribution in [2.24, 2.45) is 4.99 Å². The quantitative estimate of drug-likeness (QED) is 0.165. The Hall–Kier alpha value is -3.96. The molecule has 0 saturated carbocycles. The van der Waals surface area contributed by atoms with Crippen LogP contribution in [0.4, 0.5) is 8.78 Å². The van der Waals surface area contributed by atoms with E-state index in [4.69, 9.17) is 8.84 Å². The third-order valence-corrected chi connectivity index (χ3v) is 11.9. The zero-order valence-corrected chi connectivity index (χ0v) is 24.5. The Morgan fingerprint density at radius 1 is 1.12 bits per heavy atom. The first-order valence-corrected chi connectivity index (χ1v) is 16.1. The van der Waals surface area contributed by atoms with Gasteiger partial charge in [0.25, 0.3) is 8.32 Å². The van der Waals surface area contributed by atoms with Crippen molar-refractivity contribution >= 4 is 32.1 Å². The minimum absolute atomic E-state index is 0.0475. The van der Waals surface area contributed by atoms with Crippen molar-refractivity contribution in [1.29, 1.82) is 0 Å². The first-order valence-electron chi connectivity index (χ1n) is 12.4. The van der Waals surface area contributed by atoms with Gasteiger partial charge in [0.2, 0.25) is 0 Å². The Balaban J connectivity index is 1.85. The number of hydrogen-bond acceptors (Lipinski definition) is 6. The summed E-state index contributed by atoms with van der Waals surface area (Å²) in [6.45, 7) is 10.3. The number of carbonyl (C=O) groups is 1. The molecule has 11 heteroatoms. The predicted octanol–water partition coefficient (Wildman–Crippen LogP) is 7.51. The second-order valence-electron chi connectivity index (χ2n) is 10.4. The largest absolute Gasteiger partial charge is 0.542 e. The number of nitrogens with one attached hydrogen (secondary N) is 1. The zero-order valence-electron chi connectivity index (χ0n) is 22.7. The number of aliphatic carboxylic acids is 1. The van der Waals surface area contributed by atoms with Gasteiger partial charge in [-0.2, -0.15) is 0 Å². The molecule has 4 aromatic rings. The van der Waals surface area contributed by atoms with E-state index in [1.54, 1.807) is 48.5 Å². The summed E-state index contributed by atoms with van der Waals surface area (Å²) in [6.07, 6.45) is 4.08. The van der Waals surface area contributed by atoms with Crippen LogP contribution in [-0.4, -0.2) is 29.4 Å². The highest BCUT2D eigenvalue weighted by atomic mass is 32.2. The Bertz CT molecular complexity index is 1630. The summed E-state index contributed by atoms with van der Waals surface area (Å²) < 4.78 is 41.8. The van der Waals surface area contributed by atoms with Crippen molar-refractivity contribution < 1.29 is 27.5 Å². The van der Waals surface area contributed by atoms with Crippen LogP contribution in [0.1, 0.15) is 26.5 Å². The van der Waals surface area contributed by atoms with Gasteiger partial charge < -0.3 is 18.9 Å². The SMILES string of the molecule is CC(C)(C)[Si](C)(C)Oc1cccc(-c2c[nH]/c(=N\C(=C\c3ccco3)C(=O)O)c(Sc3ccccc3F)n2)c1F. The topological polar surface area (TPSA) is 101 Å². The molecule has 0 aliphatic heterocycles. The molecular weight excluding hydrogens is 552 g/mol. The number of H-pyrrole nitrogens is 1. The van der Waals surface area contributed by atoms with E-state index in [1.165, 1.54) is 24.6 Å². The lowest BCUT2D eigenvalue weighted by molar-refractivity contribution is -0.132. The molecule has 2 aromatic carbocycles. The van der Waals surface area contributed by atoms with Crippen LogP contribution in [0.5, 0.6) is 5.75 Å². The van der Waals surface area contributed by atoms with Gasteiger partial charge in [-0.1, -0.05) is 50.7 Å². The molecule has 7 nitrogen and oxygen atoms in total. The molecule has 208 valence electrons. The van der Waals surface area contributed by atoms with Gasteiger partial charge >= 0.3 is 5.97 Å². The van der Waals surface area contributed by atoms with Crippen molar-refractivity contribution in [3.63, 3.8) is 0 Å². The summed E-state index contributed by atoms with van der Waals surface area (Å²) >= 11 is 0.933. The number of aromatic amines is 1. The van der Waals surface area contributed by atoms with Gasteiger partial charge in [-0.05, 0) is 54.5 Å². The Morgan fingerprint density at radius 2 is 1.88 bits per heavy atom. The van der Waals surface area contributed by atoms with Gasteiger partial charge in [0.15, 0.2) is 17.0 Å². The molecule has 0 aliphatic rings. The first kappa shape index (κ1) is 29.0. The van der Waals surface area contributed by atoms with Crippen LogP contribution in [-0.2, 0) is 4.79 Å². The van der Waals surface area contributed by atoms with E-state index in [0.29, 0.717) is 0 Å². The zero-order chi connectivity index (χ0) is 29.1. The third kappa shape index (κ3) is 6.60. The van der Waals surface area contributed by atoms with Gasteiger partial charge in [-0.3, -0.25) is 0 Å². The standard InChI is InChI=1S/C29H29F2N3O4SSi/c1-29(2,3)40(4,5)38-23-13-8-11-19(25(23)31)22-17-32-26(27(34-22)39-24-14-7-6-12-20(24)30)33-21(28(35)36)16-18-10-9-15-37-18/h6-17H,1-5H3,(H,32,33)(H,35,36)/b21-16+. The minimum atomic E-state index is -2.33. The highest BCUT2D eigenvalue weighted by Gasteiger charge is 2.39. The number of halogens is 2. The van der Waals surface area contributed by atoms with Crippen LogP contribution in [0, 0.1) is 11.6 Å². The van der Waals surface area contributed by atoms with Crippen LogP contribution in [0.2, 0.25) is 18.1 Å². The van der Waals surface area contributed by atoms with Crippen molar-refractivity contribution in [2.45, 2.75) is 48.8 Å². The molecule has 0 spiro atoms. The van der Waals surface area contributed by atoms with Crippen molar-refractivity contribution in [1.82, 2.24) is 9.97 Å². The molecule has 0 unspecified atom stereocenters. The molecule has 0 bridgehead atoms. The number of hydrogen-bond donors (Lipinski definition) is 2. The van der Waals surface area contributed by atoms with E-state index in [0.717, 1.165) is 11.8 Å². The second-order valence-corrected chi connectivity index (χ2v) is 16.2. The van der Waals surface area contributed by atoms with E-state index >= 15 is 4.39 Å². The molecular formula is C29H29F2N3O4SSi. The highest BCUT2D eigenvalue weighted by molar-refractivity contribution is 7.99. The average Bonchev–Trinajstić information content (AvgIpc) is 3.39. The number of furan rings is 1. The fraction of sp³-hybridized carbons (Fsp3) is 0.207. The molecule has 0 amide bonds. The van der Waals surface area contributed by atoms with Gasteiger partial charge in [-0.25, -0.2) is 23.6 Å². The number of benzene rings is 2. The summed E-state index contributed by atoms with van der Waals surface area (Å²) in [7, 11) is -2.33. The molecule has 2 heterocycles. The number of nitrogens with zero attached hydrogens (tertiary/aromatic N) is 2. The van der Waals surface area contributed by atoms with Gasteiger partial charge in [0.1, 0.15) is 22.4 Å². The van der Waals surface area contributed by atoms with Crippen molar-refractivity contribution in [3.05, 3.63) is 95.6 Å². The molecule has 0 radical (unpaired) electrons. The Morgan fingerprint density at radius 3 is 2.52 bits per heavy atom. The summed E-state index contributed by atoms with van der Waals surface area (Å²) in [5.74, 6) is -1.97. The number of aromatic nitrogens is 2. The first-order chi connectivity index (χ1) is 18.9. The Kier molecular flexibility index (Phi) is 8.45. The van der Waals surface area contributed by atoms with E-state index < -0.39 is 25.9 Å². The summed E-state index contributed by atoms with van der Waals surface area (Å²) in [5, 5.41) is 9.75. The second kappa shape index (κ2) is 11.6. The van der Waals surface area contributed by atoms with Gasteiger partial charge in [0, 0.05) is 22.7 Å². The molecule has 0 fully saturated rings. The lowest BCUT2D eigenvalue weighted by Crippen LogP contribution is -2.44. The molecule has 0 saturated heterocycles. The maximum absolute atomic E-state index is 15.8. The van der Waals surface area contributed by atoms with Gasteiger partial charge in [0.05, 0.1) is 12.0 Å². The van der Waals surface area contributed by atoms with E-state index in [1.807, 2.05) is 13.1 Å². The molecule has 4 rings (SSSR count). The van der Waals surface area contributed by atoms with E-state index in [2.05, 4.69) is 35.7 Å². The molecule has 2 N–H and O–H groups in total. The third-order valence-electron chi connectivity index (χ3n) is 6.50. The van der Waals surface area contributed by atoms with Crippen LogP contribution >= 0.6 is 11.8 Å². The van der Waals surface area contributed by atoms with Crippen molar-refractivity contribution in [2.75, 3.05) is 0 Å². The molecule has 0 atom stereocenters. The number of carboxylic acid groups (broad SMARTS) is 1. The monoisotopic (exact) mass is 581 g/mol.